The van der Waals surface area contributed by atoms with E-state index in [0.29, 0.717) is 24.7 Å². The van der Waals surface area contributed by atoms with Gasteiger partial charge in [0.15, 0.2) is 18.1 Å². The second-order valence-corrected chi connectivity index (χ2v) is 5.67. The maximum atomic E-state index is 12.1. The van der Waals surface area contributed by atoms with Crippen molar-refractivity contribution in [3.05, 3.63) is 48.2 Å². The van der Waals surface area contributed by atoms with Crippen LogP contribution in [0.1, 0.15) is 17.3 Å². The third-order valence-corrected chi connectivity index (χ3v) is 3.70. The number of aromatic nitrogens is 1. The van der Waals surface area contributed by atoms with Crippen LogP contribution in [0, 0.1) is 0 Å². The first-order valence-electron chi connectivity index (χ1n) is 8.57. The van der Waals surface area contributed by atoms with Crippen molar-refractivity contribution in [2.24, 2.45) is 0 Å². The minimum atomic E-state index is -0.673. The molecule has 1 aromatic heterocycles. The maximum absolute atomic E-state index is 12.1. The fourth-order valence-electron chi connectivity index (χ4n) is 2.45. The number of para-hydroxylation sites is 2. The van der Waals surface area contributed by atoms with Crippen LogP contribution >= 0.6 is 0 Å². The van der Waals surface area contributed by atoms with Crippen LogP contribution in [0.2, 0.25) is 0 Å². The van der Waals surface area contributed by atoms with E-state index in [1.807, 2.05) is 18.2 Å². The van der Waals surface area contributed by atoms with Gasteiger partial charge in [-0.15, -0.1) is 0 Å². The summed E-state index contributed by atoms with van der Waals surface area (Å²) in [6.07, 6.45) is 1.20. The molecule has 3 rings (SSSR count). The predicted octanol–water partition coefficient (Wildman–Crippen LogP) is 1.59. The molecule has 1 aliphatic rings. The van der Waals surface area contributed by atoms with Crippen molar-refractivity contribution in [3.63, 3.8) is 0 Å². The highest BCUT2D eigenvalue weighted by Crippen LogP contribution is 2.30. The summed E-state index contributed by atoms with van der Waals surface area (Å²) in [6.45, 7) is 2.30. The third-order valence-electron chi connectivity index (χ3n) is 3.70. The lowest BCUT2D eigenvalue weighted by atomic mass is 10.2. The Hall–Kier alpha value is -3.29. The lowest BCUT2D eigenvalue weighted by Gasteiger charge is -2.26. The SMILES string of the molecule is CCOc1ncccc1C(=O)OCC(=O)NCC1COc2ccccc2O1. The number of esters is 1. The maximum Gasteiger partial charge on any atom is 0.344 e. The summed E-state index contributed by atoms with van der Waals surface area (Å²) < 4.78 is 21.6. The minimum absolute atomic E-state index is 0.174. The first-order valence-corrected chi connectivity index (χ1v) is 8.57. The molecule has 1 N–H and O–H groups in total. The Balaban J connectivity index is 1.44. The smallest absolute Gasteiger partial charge is 0.344 e. The van der Waals surface area contributed by atoms with Gasteiger partial charge in [0.1, 0.15) is 18.3 Å². The summed E-state index contributed by atoms with van der Waals surface area (Å²) >= 11 is 0. The number of fused-ring (bicyclic) bond motifs is 1. The number of hydrogen-bond donors (Lipinski definition) is 1. The first kappa shape index (κ1) is 18.5. The van der Waals surface area contributed by atoms with E-state index in [4.69, 9.17) is 18.9 Å². The number of pyridine rings is 1. The molecule has 2 aromatic rings. The van der Waals surface area contributed by atoms with Gasteiger partial charge in [0.25, 0.3) is 5.91 Å². The molecular weight excluding hydrogens is 352 g/mol. The van der Waals surface area contributed by atoms with E-state index >= 15 is 0 Å². The average Bonchev–Trinajstić information content (AvgIpc) is 2.71. The highest BCUT2D eigenvalue weighted by molar-refractivity contribution is 5.93. The zero-order valence-corrected chi connectivity index (χ0v) is 14.8. The van der Waals surface area contributed by atoms with E-state index in [9.17, 15) is 9.59 Å². The summed E-state index contributed by atoms with van der Waals surface area (Å²) in [5.41, 5.74) is 0.174. The van der Waals surface area contributed by atoms with Crippen molar-refractivity contribution in [2.75, 3.05) is 26.4 Å². The molecule has 1 aromatic carbocycles. The fourth-order valence-corrected chi connectivity index (χ4v) is 2.45. The summed E-state index contributed by atoms with van der Waals surface area (Å²) in [6, 6.07) is 10.4. The van der Waals surface area contributed by atoms with Crippen LogP contribution in [0.5, 0.6) is 17.4 Å². The number of hydrogen-bond acceptors (Lipinski definition) is 7. The van der Waals surface area contributed by atoms with Gasteiger partial charge in [0, 0.05) is 6.20 Å². The number of nitrogens with one attached hydrogen (secondary N) is 1. The van der Waals surface area contributed by atoms with Crippen molar-refractivity contribution in [3.8, 4) is 17.4 Å². The molecule has 1 unspecified atom stereocenters. The lowest BCUT2D eigenvalue weighted by molar-refractivity contribution is -0.124. The highest BCUT2D eigenvalue weighted by atomic mass is 16.6. The molecule has 1 aliphatic heterocycles. The molecule has 0 bridgehead atoms. The fraction of sp³-hybridized carbons (Fsp3) is 0.316. The molecule has 0 aliphatic carbocycles. The summed E-state index contributed by atoms with van der Waals surface area (Å²) in [7, 11) is 0. The number of nitrogens with zero attached hydrogens (tertiary/aromatic N) is 1. The first-order chi connectivity index (χ1) is 13.2. The Labute approximate surface area is 156 Å². The molecule has 142 valence electrons. The zero-order valence-electron chi connectivity index (χ0n) is 14.8. The van der Waals surface area contributed by atoms with E-state index in [1.54, 1.807) is 19.1 Å². The number of carbonyl (C=O) groups is 2. The van der Waals surface area contributed by atoms with E-state index in [-0.39, 0.29) is 24.1 Å². The van der Waals surface area contributed by atoms with Crippen molar-refractivity contribution in [1.29, 1.82) is 0 Å². The average molecular weight is 372 g/mol. The zero-order chi connectivity index (χ0) is 19.1. The van der Waals surface area contributed by atoms with Crippen LogP contribution in [-0.2, 0) is 9.53 Å². The molecular formula is C19H20N2O6. The molecule has 0 fully saturated rings. The Morgan fingerprint density at radius 3 is 2.85 bits per heavy atom. The van der Waals surface area contributed by atoms with Crippen LogP contribution in [0.4, 0.5) is 0 Å². The van der Waals surface area contributed by atoms with Gasteiger partial charge in [-0.25, -0.2) is 9.78 Å². The standard InChI is InChI=1S/C19H20N2O6/c1-2-24-18-14(6-5-9-20-18)19(23)26-12-17(22)21-10-13-11-25-15-7-3-4-8-16(15)27-13/h3-9,13H,2,10-12H2,1H3,(H,21,22). The van der Waals surface area contributed by atoms with Gasteiger partial charge in [-0.3, -0.25) is 4.79 Å². The van der Waals surface area contributed by atoms with E-state index < -0.39 is 18.5 Å². The third kappa shape index (κ3) is 4.87. The van der Waals surface area contributed by atoms with Gasteiger partial charge < -0.3 is 24.3 Å². The van der Waals surface area contributed by atoms with Gasteiger partial charge in [0.05, 0.1) is 13.2 Å². The molecule has 0 spiro atoms. The second-order valence-electron chi connectivity index (χ2n) is 5.67. The molecule has 1 amide bonds. The van der Waals surface area contributed by atoms with Crippen LogP contribution in [0.3, 0.4) is 0 Å². The normalized spacial score (nSPS) is 14.9. The molecule has 0 saturated heterocycles. The number of amides is 1. The Bertz CT molecular complexity index is 810. The lowest BCUT2D eigenvalue weighted by Crippen LogP contribution is -2.42. The van der Waals surface area contributed by atoms with Gasteiger partial charge in [-0.05, 0) is 31.2 Å². The molecule has 8 heteroatoms. The van der Waals surface area contributed by atoms with E-state index in [1.165, 1.54) is 12.3 Å². The van der Waals surface area contributed by atoms with Crippen LogP contribution in [-0.4, -0.2) is 49.3 Å². The molecule has 8 nitrogen and oxygen atoms in total. The van der Waals surface area contributed by atoms with Gasteiger partial charge in [-0.2, -0.15) is 0 Å². The number of rotatable bonds is 7. The molecule has 1 atom stereocenters. The largest absolute Gasteiger partial charge is 0.486 e. The quantitative estimate of drug-likeness (QED) is 0.738. The van der Waals surface area contributed by atoms with E-state index in [2.05, 4.69) is 10.3 Å². The van der Waals surface area contributed by atoms with Gasteiger partial charge in [0.2, 0.25) is 5.88 Å². The number of ether oxygens (including phenoxy) is 4. The van der Waals surface area contributed by atoms with Crippen LogP contribution in [0.15, 0.2) is 42.6 Å². The van der Waals surface area contributed by atoms with Gasteiger partial charge in [-0.1, -0.05) is 12.1 Å². The highest BCUT2D eigenvalue weighted by Gasteiger charge is 2.21. The molecule has 0 radical (unpaired) electrons. The van der Waals surface area contributed by atoms with Gasteiger partial charge >= 0.3 is 5.97 Å². The molecule has 2 heterocycles. The monoisotopic (exact) mass is 372 g/mol. The summed E-state index contributed by atoms with van der Waals surface area (Å²) in [5.74, 6) is 0.377. The van der Waals surface area contributed by atoms with Crippen LogP contribution in [0.25, 0.3) is 0 Å². The Kier molecular flexibility index (Phi) is 6.09. The van der Waals surface area contributed by atoms with Crippen molar-refractivity contribution in [1.82, 2.24) is 10.3 Å². The second kappa shape index (κ2) is 8.88. The molecule has 27 heavy (non-hydrogen) atoms. The van der Waals surface area contributed by atoms with Crippen LogP contribution < -0.4 is 19.5 Å². The van der Waals surface area contributed by atoms with Crippen molar-refractivity contribution in [2.45, 2.75) is 13.0 Å². The number of carbonyl (C=O) groups excluding carboxylic acids is 2. The Morgan fingerprint density at radius 1 is 1.22 bits per heavy atom. The topological polar surface area (TPSA) is 96.0 Å². The summed E-state index contributed by atoms with van der Waals surface area (Å²) in [4.78, 5) is 28.0. The van der Waals surface area contributed by atoms with Crippen molar-refractivity contribution >= 4 is 11.9 Å². The Morgan fingerprint density at radius 2 is 2.04 bits per heavy atom. The molecule has 0 saturated carbocycles. The predicted molar refractivity (Wildman–Crippen MR) is 95.1 cm³/mol. The van der Waals surface area contributed by atoms with Crippen molar-refractivity contribution < 1.29 is 28.5 Å². The van der Waals surface area contributed by atoms with E-state index in [0.717, 1.165) is 0 Å². The number of benzene rings is 1. The minimum Gasteiger partial charge on any atom is -0.486 e. The summed E-state index contributed by atoms with van der Waals surface area (Å²) in [5, 5.41) is 2.66.